The van der Waals surface area contributed by atoms with Crippen LogP contribution >= 0.6 is 11.3 Å². The number of carbonyl (C=O) groups excluding carboxylic acids is 3. The molecule has 52 heavy (non-hydrogen) atoms. The summed E-state index contributed by atoms with van der Waals surface area (Å²) in [6.45, 7) is 7.93. The third-order valence-electron chi connectivity index (χ3n) is 10.5. The molecule has 0 spiro atoms. The number of aryl methyl sites for hydroxylation is 1. The number of carbonyl (C=O) groups is 3. The summed E-state index contributed by atoms with van der Waals surface area (Å²) in [5, 5.41) is 16.1. The maximum absolute atomic E-state index is 13.8. The average Bonchev–Trinajstić information content (AvgIpc) is 4.06. The highest BCUT2D eigenvalue weighted by Gasteiger charge is 2.37. The lowest BCUT2D eigenvalue weighted by Gasteiger charge is -2.40. The van der Waals surface area contributed by atoms with Crippen LogP contribution in [0.3, 0.4) is 0 Å². The van der Waals surface area contributed by atoms with Crippen LogP contribution in [0.4, 0.5) is 15.7 Å². The standard InChI is InChI=1S/C38H51N7O6S/c1-38(2,3)51-37(48)43-16-14-26(15-17-43)44(21-25-10-12-28(49-4)19-30(25)50-5)36-42-40-22-45(36)27-11-13-31-29(18-27)32(34(47)39-20-23-6-7-23)35(52-31)41-33(46)24-8-9-24/h10,12,19,22-24,26-27H,6-9,11,13-18,20-21H2,1-5H3,(H,39,47)(H,41,46)/t27-/m0/s1. The first-order valence-electron chi connectivity index (χ1n) is 18.6. The Morgan fingerprint density at radius 2 is 1.79 bits per heavy atom. The predicted octanol–water partition coefficient (Wildman–Crippen LogP) is 5.98. The first-order valence-corrected chi connectivity index (χ1v) is 19.4. The van der Waals surface area contributed by atoms with E-state index in [1.54, 1.807) is 36.8 Å². The number of benzene rings is 1. The van der Waals surface area contributed by atoms with Crippen molar-refractivity contribution in [2.24, 2.45) is 11.8 Å². The molecule has 1 aromatic carbocycles. The normalized spacial score (nSPS) is 19.1. The number of fused-ring (bicyclic) bond motifs is 1. The minimum Gasteiger partial charge on any atom is -0.497 e. The molecule has 3 aliphatic carbocycles. The van der Waals surface area contributed by atoms with Gasteiger partial charge < -0.3 is 34.6 Å². The molecule has 0 unspecified atom stereocenters. The lowest BCUT2D eigenvalue weighted by molar-refractivity contribution is -0.117. The lowest BCUT2D eigenvalue weighted by Crippen LogP contribution is -2.48. The Hall–Kier alpha value is -4.33. The van der Waals surface area contributed by atoms with Gasteiger partial charge in [-0.3, -0.25) is 14.2 Å². The molecule has 0 radical (unpaired) electrons. The molecule has 13 nitrogen and oxygen atoms in total. The van der Waals surface area contributed by atoms with Crippen molar-refractivity contribution in [2.45, 2.75) is 103 Å². The van der Waals surface area contributed by atoms with Crippen molar-refractivity contribution in [2.75, 3.05) is 44.1 Å². The van der Waals surface area contributed by atoms with Gasteiger partial charge in [-0.05, 0) is 102 Å². The summed E-state index contributed by atoms with van der Waals surface area (Å²) >= 11 is 1.55. The van der Waals surface area contributed by atoms with Crippen molar-refractivity contribution in [1.29, 1.82) is 0 Å². The van der Waals surface area contributed by atoms with E-state index in [0.717, 1.165) is 73.3 Å². The van der Waals surface area contributed by atoms with E-state index in [0.29, 0.717) is 60.6 Å². The Balaban J connectivity index is 1.17. The number of likely N-dealkylation sites (tertiary alicyclic amines) is 1. The van der Waals surface area contributed by atoms with E-state index < -0.39 is 5.60 Å². The quantitative estimate of drug-likeness (QED) is 0.230. The van der Waals surface area contributed by atoms with Crippen LogP contribution in [0.1, 0.15) is 98.1 Å². The van der Waals surface area contributed by atoms with Gasteiger partial charge in [-0.2, -0.15) is 0 Å². The van der Waals surface area contributed by atoms with Gasteiger partial charge in [-0.1, -0.05) is 0 Å². The van der Waals surface area contributed by atoms with Crippen molar-refractivity contribution in [3.8, 4) is 11.5 Å². The van der Waals surface area contributed by atoms with Crippen molar-refractivity contribution in [1.82, 2.24) is 25.0 Å². The predicted molar refractivity (Wildman–Crippen MR) is 198 cm³/mol. The molecule has 2 saturated carbocycles. The Morgan fingerprint density at radius 3 is 2.46 bits per heavy atom. The number of nitrogens with one attached hydrogen (secondary N) is 2. The summed E-state index contributed by atoms with van der Waals surface area (Å²) in [6, 6.07) is 5.89. The zero-order chi connectivity index (χ0) is 36.6. The molecular weight excluding hydrogens is 683 g/mol. The van der Waals surface area contributed by atoms with E-state index in [1.165, 1.54) is 0 Å². The van der Waals surface area contributed by atoms with E-state index >= 15 is 0 Å². The molecule has 2 N–H and O–H groups in total. The minimum atomic E-state index is -0.565. The Kier molecular flexibility index (Phi) is 10.4. The number of piperidine rings is 1. The number of aromatic nitrogens is 3. The van der Waals surface area contributed by atoms with E-state index in [1.807, 2.05) is 39.0 Å². The summed E-state index contributed by atoms with van der Waals surface area (Å²) in [6.07, 6.45) is 9.28. The highest BCUT2D eigenvalue weighted by atomic mass is 32.1. The van der Waals surface area contributed by atoms with Gasteiger partial charge in [-0.15, -0.1) is 21.5 Å². The second-order valence-electron chi connectivity index (χ2n) is 15.6. The van der Waals surface area contributed by atoms with Crippen molar-refractivity contribution in [3.05, 3.63) is 46.1 Å². The first kappa shape index (κ1) is 36.0. The van der Waals surface area contributed by atoms with Gasteiger partial charge in [0, 0.05) is 60.7 Å². The van der Waals surface area contributed by atoms with E-state index in [4.69, 9.17) is 19.3 Å². The number of nitrogens with zero attached hydrogens (tertiary/aromatic N) is 5. The van der Waals surface area contributed by atoms with Crippen LogP contribution in [0, 0.1) is 11.8 Å². The van der Waals surface area contributed by atoms with Crippen molar-refractivity contribution in [3.63, 3.8) is 0 Å². The summed E-state index contributed by atoms with van der Waals surface area (Å²) < 4.78 is 19.1. The molecule has 3 heterocycles. The number of rotatable bonds is 12. The lowest BCUT2D eigenvalue weighted by atomic mass is 9.91. The minimum absolute atomic E-state index is 0.00354. The smallest absolute Gasteiger partial charge is 0.410 e. The molecule has 1 atom stereocenters. The number of amides is 3. The molecule has 4 aliphatic rings. The maximum Gasteiger partial charge on any atom is 0.410 e. The molecule has 14 heteroatoms. The van der Waals surface area contributed by atoms with Gasteiger partial charge in [0.1, 0.15) is 28.4 Å². The fourth-order valence-corrected chi connectivity index (χ4v) is 8.50. The second kappa shape index (κ2) is 15.0. The van der Waals surface area contributed by atoms with Gasteiger partial charge in [0.15, 0.2) is 0 Å². The zero-order valence-corrected chi connectivity index (χ0v) is 31.7. The fourth-order valence-electron chi connectivity index (χ4n) is 7.25. The first-order chi connectivity index (χ1) is 25.0. The molecule has 280 valence electrons. The fraction of sp³-hybridized carbons (Fsp3) is 0.605. The zero-order valence-electron chi connectivity index (χ0n) is 30.9. The summed E-state index contributed by atoms with van der Waals surface area (Å²) in [4.78, 5) is 44.9. The Labute approximate surface area is 309 Å². The average molecular weight is 734 g/mol. The molecule has 1 aliphatic heterocycles. The third kappa shape index (κ3) is 8.16. The SMILES string of the molecule is COc1ccc(CN(c2nncn2[C@H]2CCc3sc(NC(=O)C4CC4)c(C(=O)NCC4CC4)c3C2)C2CCN(C(=O)OC(C)(C)C)CC2)c(OC)c1. The molecule has 7 rings (SSSR count). The number of anilines is 2. The summed E-state index contributed by atoms with van der Waals surface area (Å²) in [5.41, 5.74) is 2.03. The van der Waals surface area contributed by atoms with E-state index in [2.05, 4.69) is 25.2 Å². The second-order valence-corrected chi connectivity index (χ2v) is 16.7. The van der Waals surface area contributed by atoms with Gasteiger partial charge in [-0.25, -0.2) is 4.79 Å². The number of hydrogen-bond donors (Lipinski definition) is 2. The number of hydrogen-bond acceptors (Lipinski definition) is 10. The van der Waals surface area contributed by atoms with Crippen molar-refractivity contribution < 1.29 is 28.6 Å². The molecule has 2 aromatic heterocycles. The van der Waals surface area contributed by atoms with Gasteiger partial charge >= 0.3 is 6.09 Å². The summed E-state index contributed by atoms with van der Waals surface area (Å²) in [5.74, 6) is 2.64. The van der Waals surface area contributed by atoms with Crippen LogP contribution in [0.2, 0.25) is 0 Å². The monoisotopic (exact) mass is 733 g/mol. The van der Waals surface area contributed by atoms with Crippen LogP contribution in [-0.2, 0) is 28.9 Å². The van der Waals surface area contributed by atoms with E-state index in [-0.39, 0.29) is 35.9 Å². The largest absolute Gasteiger partial charge is 0.497 e. The number of thiophene rings is 1. The molecule has 3 amide bonds. The highest BCUT2D eigenvalue weighted by Crippen LogP contribution is 2.43. The van der Waals surface area contributed by atoms with E-state index in [9.17, 15) is 14.4 Å². The number of ether oxygens (including phenoxy) is 3. The van der Waals surface area contributed by atoms with Crippen LogP contribution in [0.25, 0.3) is 0 Å². The molecule has 3 aromatic rings. The van der Waals surface area contributed by atoms with Crippen LogP contribution in [0.5, 0.6) is 11.5 Å². The summed E-state index contributed by atoms with van der Waals surface area (Å²) in [7, 11) is 3.29. The topological polar surface area (TPSA) is 140 Å². The van der Waals surface area contributed by atoms with Crippen LogP contribution in [0.15, 0.2) is 24.5 Å². The third-order valence-corrected chi connectivity index (χ3v) is 11.7. The van der Waals surface area contributed by atoms with Gasteiger partial charge in [0.25, 0.3) is 5.91 Å². The molecule has 3 fully saturated rings. The molecule has 0 bridgehead atoms. The number of methoxy groups -OCH3 is 2. The molecular formula is C38H51N7O6S. The highest BCUT2D eigenvalue weighted by molar-refractivity contribution is 7.17. The van der Waals surface area contributed by atoms with Crippen LogP contribution in [-0.4, -0.2) is 83.1 Å². The molecule has 1 saturated heterocycles. The van der Waals surface area contributed by atoms with Crippen LogP contribution < -0.4 is 25.0 Å². The van der Waals surface area contributed by atoms with Gasteiger partial charge in [0.05, 0.1) is 19.8 Å². The Morgan fingerprint density at radius 1 is 1.02 bits per heavy atom. The maximum atomic E-state index is 13.8. The Bertz CT molecular complexity index is 1780. The van der Waals surface area contributed by atoms with Crippen molar-refractivity contribution >= 4 is 40.2 Å². The van der Waals surface area contributed by atoms with Gasteiger partial charge in [0.2, 0.25) is 11.9 Å².